The molecule has 0 unspecified atom stereocenters. The van der Waals surface area contributed by atoms with Crippen molar-refractivity contribution in [2.24, 2.45) is 0 Å². The summed E-state index contributed by atoms with van der Waals surface area (Å²) in [6, 6.07) is 10.8. The van der Waals surface area contributed by atoms with Crippen LogP contribution in [0.1, 0.15) is 24.1 Å². The summed E-state index contributed by atoms with van der Waals surface area (Å²) in [4.78, 5) is 14.3. The maximum atomic E-state index is 12.4. The number of rotatable bonds is 8. The van der Waals surface area contributed by atoms with Gasteiger partial charge in [-0.05, 0) is 49.4 Å². The first-order chi connectivity index (χ1) is 12.8. The van der Waals surface area contributed by atoms with Crippen molar-refractivity contribution in [3.05, 3.63) is 57.6 Å². The fourth-order valence-electron chi connectivity index (χ4n) is 2.81. The Bertz CT molecular complexity index is 799. The minimum atomic E-state index is -0.211. The number of hydrogen-bond donors (Lipinski definition) is 1. The number of nitrogens with one attached hydrogen (secondary N) is 1. The molecule has 1 amide bonds. The van der Waals surface area contributed by atoms with Gasteiger partial charge in [0.15, 0.2) is 11.5 Å². The normalized spacial score (nSPS) is 12.0. The lowest BCUT2D eigenvalue weighted by Crippen LogP contribution is -2.36. The average Bonchev–Trinajstić information content (AvgIpc) is 2.61. The minimum Gasteiger partial charge on any atom is -0.493 e. The second kappa shape index (κ2) is 9.83. The Kier molecular flexibility index (Phi) is 7.78. The van der Waals surface area contributed by atoms with Crippen LogP contribution in [0.25, 0.3) is 0 Å². The summed E-state index contributed by atoms with van der Waals surface area (Å²) < 4.78 is 10.6. The predicted molar refractivity (Wildman–Crippen MR) is 109 cm³/mol. The first-order valence-corrected chi connectivity index (χ1v) is 9.23. The average molecular weight is 411 g/mol. The van der Waals surface area contributed by atoms with E-state index in [0.717, 1.165) is 11.1 Å². The van der Waals surface area contributed by atoms with Crippen LogP contribution in [-0.4, -0.2) is 38.6 Å². The molecule has 7 heteroatoms. The maximum Gasteiger partial charge on any atom is 0.234 e. The number of hydrogen-bond acceptors (Lipinski definition) is 4. The predicted octanol–water partition coefficient (Wildman–Crippen LogP) is 4.32. The van der Waals surface area contributed by atoms with Crippen LogP contribution in [-0.2, 0) is 11.3 Å². The molecule has 0 saturated heterocycles. The van der Waals surface area contributed by atoms with Crippen LogP contribution in [0.5, 0.6) is 11.5 Å². The van der Waals surface area contributed by atoms with Gasteiger partial charge in [0.05, 0.1) is 26.8 Å². The smallest absolute Gasteiger partial charge is 0.234 e. The van der Waals surface area contributed by atoms with Gasteiger partial charge in [-0.15, -0.1) is 0 Å². The summed E-state index contributed by atoms with van der Waals surface area (Å²) in [5, 5.41) is 4.06. The standard InChI is InChI=1S/C20H24Cl2N2O3/c1-13(16-7-6-15(21)10-17(16)22)23-20(25)12-24(2)11-14-5-8-18(26-3)19(9-14)27-4/h5-10,13H,11-12H2,1-4H3,(H,23,25)/t13-/m1/s1. The van der Waals surface area contributed by atoms with Gasteiger partial charge in [-0.25, -0.2) is 0 Å². The SMILES string of the molecule is COc1ccc(CN(C)CC(=O)N[C@H](C)c2ccc(Cl)cc2Cl)cc1OC. The maximum absolute atomic E-state index is 12.4. The zero-order valence-corrected chi connectivity index (χ0v) is 17.4. The van der Waals surface area contributed by atoms with Crippen LogP contribution < -0.4 is 14.8 Å². The van der Waals surface area contributed by atoms with Gasteiger partial charge in [0, 0.05) is 16.6 Å². The van der Waals surface area contributed by atoms with Gasteiger partial charge < -0.3 is 14.8 Å². The molecule has 0 heterocycles. The molecule has 0 aliphatic heterocycles. The van der Waals surface area contributed by atoms with Gasteiger partial charge in [-0.3, -0.25) is 9.69 Å². The van der Waals surface area contributed by atoms with Crippen LogP contribution in [0.4, 0.5) is 0 Å². The van der Waals surface area contributed by atoms with E-state index in [0.29, 0.717) is 28.1 Å². The highest BCUT2D eigenvalue weighted by Gasteiger charge is 2.15. The molecule has 0 radical (unpaired) electrons. The van der Waals surface area contributed by atoms with Gasteiger partial charge in [0.2, 0.25) is 5.91 Å². The Morgan fingerprint density at radius 1 is 1.11 bits per heavy atom. The second-order valence-electron chi connectivity index (χ2n) is 6.32. The lowest BCUT2D eigenvalue weighted by molar-refractivity contribution is -0.122. The zero-order valence-electron chi connectivity index (χ0n) is 15.9. The van der Waals surface area contributed by atoms with E-state index in [9.17, 15) is 4.79 Å². The van der Waals surface area contributed by atoms with E-state index in [1.165, 1.54) is 0 Å². The van der Waals surface area contributed by atoms with Crippen LogP contribution in [0.2, 0.25) is 10.0 Å². The Morgan fingerprint density at radius 3 is 2.44 bits per heavy atom. The van der Waals surface area contributed by atoms with E-state index < -0.39 is 0 Å². The molecule has 1 atom stereocenters. The molecule has 1 N–H and O–H groups in total. The number of carbonyl (C=O) groups excluding carboxylic acids is 1. The van der Waals surface area contributed by atoms with E-state index in [2.05, 4.69) is 5.32 Å². The van der Waals surface area contributed by atoms with E-state index in [4.69, 9.17) is 32.7 Å². The van der Waals surface area contributed by atoms with Crippen molar-refractivity contribution >= 4 is 29.1 Å². The monoisotopic (exact) mass is 410 g/mol. The van der Waals surface area contributed by atoms with E-state index in [1.807, 2.05) is 43.1 Å². The van der Waals surface area contributed by atoms with Gasteiger partial charge in [-0.2, -0.15) is 0 Å². The van der Waals surface area contributed by atoms with Crippen molar-refractivity contribution in [2.75, 3.05) is 27.8 Å². The van der Waals surface area contributed by atoms with Gasteiger partial charge in [-0.1, -0.05) is 35.3 Å². The number of amides is 1. The summed E-state index contributed by atoms with van der Waals surface area (Å²) >= 11 is 12.1. The zero-order chi connectivity index (χ0) is 20.0. The fourth-order valence-corrected chi connectivity index (χ4v) is 3.38. The number of ether oxygens (including phenoxy) is 2. The Balaban J connectivity index is 1.93. The molecule has 0 spiro atoms. The third-order valence-corrected chi connectivity index (χ3v) is 4.68. The number of nitrogens with zero attached hydrogens (tertiary/aromatic N) is 1. The number of carbonyl (C=O) groups is 1. The van der Waals surface area contributed by atoms with E-state index in [1.54, 1.807) is 26.4 Å². The van der Waals surface area contributed by atoms with Crippen molar-refractivity contribution in [1.82, 2.24) is 10.2 Å². The Morgan fingerprint density at radius 2 is 1.81 bits per heavy atom. The largest absolute Gasteiger partial charge is 0.493 e. The summed E-state index contributed by atoms with van der Waals surface area (Å²) in [6.07, 6.45) is 0. The lowest BCUT2D eigenvalue weighted by atomic mass is 10.1. The topological polar surface area (TPSA) is 50.8 Å². The summed E-state index contributed by atoms with van der Waals surface area (Å²) in [5.41, 5.74) is 1.86. The highest BCUT2D eigenvalue weighted by Crippen LogP contribution is 2.28. The van der Waals surface area contributed by atoms with Crippen LogP contribution >= 0.6 is 23.2 Å². The van der Waals surface area contributed by atoms with Crippen molar-refractivity contribution < 1.29 is 14.3 Å². The Hall–Kier alpha value is -1.95. The Labute approximate surface area is 170 Å². The van der Waals surface area contributed by atoms with Gasteiger partial charge in [0.25, 0.3) is 0 Å². The molecule has 146 valence electrons. The van der Waals surface area contributed by atoms with Crippen LogP contribution in [0.3, 0.4) is 0 Å². The molecule has 0 saturated carbocycles. The lowest BCUT2D eigenvalue weighted by Gasteiger charge is -2.20. The summed E-state index contributed by atoms with van der Waals surface area (Å²) in [5.74, 6) is 1.26. The molecule has 0 fully saturated rings. The molecule has 0 aliphatic rings. The number of methoxy groups -OCH3 is 2. The van der Waals surface area contributed by atoms with Crippen molar-refractivity contribution in [2.45, 2.75) is 19.5 Å². The third-order valence-electron chi connectivity index (χ3n) is 4.12. The molecule has 0 aromatic heterocycles. The van der Waals surface area contributed by atoms with Crippen LogP contribution in [0, 0.1) is 0 Å². The summed E-state index contributed by atoms with van der Waals surface area (Å²) in [7, 11) is 5.08. The highest BCUT2D eigenvalue weighted by atomic mass is 35.5. The highest BCUT2D eigenvalue weighted by molar-refractivity contribution is 6.35. The molecule has 0 aliphatic carbocycles. The molecule has 2 aromatic rings. The molecule has 2 aromatic carbocycles. The summed E-state index contributed by atoms with van der Waals surface area (Å²) in [6.45, 7) is 2.75. The van der Waals surface area contributed by atoms with Gasteiger partial charge in [0.1, 0.15) is 0 Å². The third kappa shape index (κ3) is 6.03. The van der Waals surface area contributed by atoms with E-state index in [-0.39, 0.29) is 18.5 Å². The molecule has 2 rings (SSSR count). The van der Waals surface area contributed by atoms with Crippen molar-refractivity contribution in [3.8, 4) is 11.5 Å². The second-order valence-corrected chi connectivity index (χ2v) is 7.16. The quantitative estimate of drug-likeness (QED) is 0.703. The first-order valence-electron chi connectivity index (χ1n) is 8.47. The minimum absolute atomic E-state index is 0.0866. The van der Waals surface area contributed by atoms with Crippen LogP contribution in [0.15, 0.2) is 36.4 Å². The molecule has 27 heavy (non-hydrogen) atoms. The molecular weight excluding hydrogens is 387 g/mol. The van der Waals surface area contributed by atoms with E-state index >= 15 is 0 Å². The molecule has 5 nitrogen and oxygen atoms in total. The fraction of sp³-hybridized carbons (Fsp3) is 0.350. The number of likely N-dealkylation sites (N-methyl/N-ethyl adjacent to an activating group) is 1. The van der Waals surface area contributed by atoms with Gasteiger partial charge >= 0.3 is 0 Å². The number of benzene rings is 2. The number of halogens is 2. The molecule has 0 bridgehead atoms. The molecular formula is C20H24Cl2N2O3. The first kappa shape index (κ1) is 21.4. The van der Waals surface area contributed by atoms with Crippen molar-refractivity contribution in [1.29, 1.82) is 0 Å². The van der Waals surface area contributed by atoms with Crippen molar-refractivity contribution in [3.63, 3.8) is 0 Å².